The van der Waals surface area contributed by atoms with Crippen molar-refractivity contribution in [3.05, 3.63) is 10.1 Å². The molecule has 60 valence electrons. The van der Waals surface area contributed by atoms with Crippen LogP contribution in [0.4, 0.5) is 0 Å². The predicted octanol–water partition coefficient (Wildman–Crippen LogP) is 1.77. The summed E-state index contributed by atoms with van der Waals surface area (Å²) in [5.74, 6) is 0. The molecule has 0 bridgehead atoms. The molecule has 0 spiro atoms. The summed E-state index contributed by atoms with van der Waals surface area (Å²) in [6, 6.07) is 0. The molecule has 0 rings (SSSR count). The van der Waals surface area contributed by atoms with E-state index in [2.05, 4.69) is 11.8 Å². The zero-order valence-corrected chi connectivity index (χ0v) is 6.21. The number of rotatable bonds is 6. The second-order valence-electron chi connectivity index (χ2n) is 2.12. The first-order valence-electron chi connectivity index (χ1n) is 3.54. The van der Waals surface area contributed by atoms with Gasteiger partial charge in [0.2, 0.25) is 0 Å². The molecule has 0 aromatic carbocycles. The molecular formula is C6H13NO3. The van der Waals surface area contributed by atoms with Gasteiger partial charge in [0.1, 0.15) is 0 Å². The Morgan fingerprint density at radius 2 is 2.10 bits per heavy atom. The Bertz CT molecular complexity index is 95.0. The Hall–Kier alpha value is -0.800. The van der Waals surface area contributed by atoms with Crippen LogP contribution in [-0.2, 0) is 4.84 Å². The van der Waals surface area contributed by atoms with E-state index in [4.69, 9.17) is 0 Å². The minimum atomic E-state index is -0.744. The molecule has 0 aliphatic rings. The number of hydrogen-bond acceptors (Lipinski definition) is 3. The summed E-state index contributed by atoms with van der Waals surface area (Å²) in [5.41, 5.74) is 0. The van der Waals surface area contributed by atoms with Crippen molar-refractivity contribution in [1.29, 1.82) is 0 Å². The topological polar surface area (TPSA) is 52.4 Å². The highest BCUT2D eigenvalue weighted by Gasteiger charge is 1.92. The summed E-state index contributed by atoms with van der Waals surface area (Å²) in [6.07, 6.45) is 4.07. The van der Waals surface area contributed by atoms with Gasteiger partial charge in [-0.1, -0.05) is 26.2 Å². The van der Waals surface area contributed by atoms with Crippen LogP contribution in [0.5, 0.6) is 0 Å². The zero-order valence-electron chi connectivity index (χ0n) is 6.21. The smallest absolute Gasteiger partial charge is 0.294 e. The number of nitrogens with zero attached hydrogens (tertiary/aromatic N) is 1. The van der Waals surface area contributed by atoms with Gasteiger partial charge in [0, 0.05) is 0 Å². The molecule has 10 heavy (non-hydrogen) atoms. The first-order valence-corrected chi connectivity index (χ1v) is 3.54. The van der Waals surface area contributed by atoms with E-state index in [1.54, 1.807) is 0 Å². The van der Waals surface area contributed by atoms with Crippen molar-refractivity contribution >= 4 is 0 Å². The van der Waals surface area contributed by atoms with Crippen LogP contribution in [0, 0.1) is 10.1 Å². The Labute approximate surface area is 60.3 Å². The van der Waals surface area contributed by atoms with Gasteiger partial charge in [-0.3, -0.25) is 0 Å². The summed E-state index contributed by atoms with van der Waals surface area (Å²) in [7, 11) is 0. The molecule has 0 aliphatic carbocycles. The van der Waals surface area contributed by atoms with Gasteiger partial charge in [0.25, 0.3) is 5.09 Å². The van der Waals surface area contributed by atoms with E-state index in [0.29, 0.717) is 0 Å². The van der Waals surface area contributed by atoms with E-state index >= 15 is 0 Å². The van der Waals surface area contributed by atoms with Crippen LogP contribution in [0.1, 0.15) is 32.6 Å². The Morgan fingerprint density at radius 1 is 1.40 bits per heavy atom. The molecule has 0 N–H and O–H groups in total. The minimum Gasteiger partial charge on any atom is -0.314 e. The molecule has 0 atom stereocenters. The van der Waals surface area contributed by atoms with Gasteiger partial charge in [-0.05, 0) is 6.42 Å². The van der Waals surface area contributed by atoms with Crippen molar-refractivity contribution in [2.75, 3.05) is 6.61 Å². The molecule has 4 heteroatoms. The maximum atomic E-state index is 9.62. The summed E-state index contributed by atoms with van der Waals surface area (Å²) in [6.45, 7) is 2.33. The fraction of sp³-hybridized carbons (Fsp3) is 1.00. The average molecular weight is 147 g/mol. The molecule has 0 aromatic heterocycles. The SMILES string of the molecule is CCCCCCO[N+](=O)[O-]. The molecule has 0 amide bonds. The molecule has 0 saturated heterocycles. The molecule has 0 heterocycles. The lowest BCUT2D eigenvalue weighted by atomic mass is 10.2. The second kappa shape index (κ2) is 6.32. The van der Waals surface area contributed by atoms with Crippen LogP contribution in [0.25, 0.3) is 0 Å². The predicted molar refractivity (Wildman–Crippen MR) is 37.1 cm³/mol. The zero-order chi connectivity index (χ0) is 7.82. The van der Waals surface area contributed by atoms with Crippen molar-refractivity contribution in [2.45, 2.75) is 32.6 Å². The molecule has 0 unspecified atom stereocenters. The van der Waals surface area contributed by atoms with Gasteiger partial charge in [-0.15, -0.1) is 10.1 Å². The quantitative estimate of drug-likeness (QED) is 0.327. The van der Waals surface area contributed by atoms with Crippen LogP contribution in [0.15, 0.2) is 0 Å². The largest absolute Gasteiger partial charge is 0.314 e. The highest BCUT2D eigenvalue weighted by Crippen LogP contribution is 1.98. The molecule has 4 nitrogen and oxygen atoms in total. The fourth-order valence-corrected chi connectivity index (χ4v) is 0.668. The first kappa shape index (κ1) is 9.20. The van der Waals surface area contributed by atoms with E-state index in [1.807, 2.05) is 0 Å². The van der Waals surface area contributed by atoms with Crippen LogP contribution in [0.3, 0.4) is 0 Å². The highest BCUT2D eigenvalue weighted by molar-refractivity contribution is 4.36. The van der Waals surface area contributed by atoms with Crippen molar-refractivity contribution in [3.63, 3.8) is 0 Å². The molecule has 0 radical (unpaired) electrons. The normalized spacial score (nSPS) is 9.30. The third kappa shape index (κ3) is 7.20. The first-order chi connectivity index (χ1) is 4.77. The van der Waals surface area contributed by atoms with E-state index in [1.165, 1.54) is 0 Å². The lowest BCUT2D eigenvalue weighted by molar-refractivity contribution is -0.757. The van der Waals surface area contributed by atoms with Crippen LogP contribution < -0.4 is 0 Å². The van der Waals surface area contributed by atoms with E-state index < -0.39 is 5.09 Å². The summed E-state index contributed by atoms with van der Waals surface area (Å²) in [4.78, 5) is 13.7. The molecule has 0 saturated carbocycles. The molecule has 0 fully saturated rings. The number of unbranched alkanes of at least 4 members (excludes halogenated alkanes) is 3. The maximum absolute atomic E-state index is 9.62. The third-order valence-corrected chi connectivity index (χ3v) is 1.19. The van der Waals surface area contributed by atoms with Gasteiger partial charge in [-0.25, -0.2) is 0 Å². The van der Waals surface area contributed by atoms with E-state index in [9.17, 15) is 10.1 Å². The third-order valence-electron chi connectivity index (χ3n) is 1.19. The van der Waals surface area contributed by atoms with Crippen molar-refractivity contribution in [1.82, 2.24) is 0 Å². The monoisotopic (exact) mass is 147 g/mol. The van der Waals surface area contributed by atoms with Gasteiger partial charge >= 0.3 is 0 Å². The van der Waals surface area contributed by atoms with Crippen LogP contribution >= 0.6 is 0 Å². The lowest BCUT2D eigenvalue weighted by Gasteiger charge is -1.96. The lowest BCUT2D eigenvalue weighted by Crippen LogP contribution is -2.01. The van der Waals surface area contributed by atoms with Gasteiger partial charge in [0.05, 0.1) is 6.61 Å². The van der Waals surface area contributed by atoms with E-state index in [0.717, 1.165) is 25.7 Å². The molecule has 0 aromatic rings. The molecular weight excluding hydrogens is 134 g/mol. The minimum absolute atomic E-state index is 0.243. The van der Waals surface area contributed by atoms with Crippen molar-refractivity contribution < 1.29 is 9.92 Å². The van der Waals surface area contributed by atoms with Gasteiger partial charge in [0.15, 0.2) is 0 Å². The van der Waals surface area contributed by atoms with Crippen LogP contribution in [0.2, 0.25) is 0 Å². The maximum Gasteiger partial charge on any atom is 0.294 e. The van der Waals surface area contributed by atoms with Crippen molar-refractivity contribution in [2.24, 2.45) is 0 Å². The van der Waals surface area contributed by atoms with Crippen LogP contribution in [-0.4, -0.2) is 11.7 Å². The average Bonchev–Trinajstić information content (AvgIpc) is 1.87. The number of hydrogen-bond donors (Lipinski definition) is 0. The molecule has 0 aliphatic heterocycles. The Morgan fingerprint density at radius 3 is 2.60 bits per heavy atom. The summed E-state index contributed by atoms with van der Waals surface area (Å²) >= 11 is 0. The standard InChI is InChI=1S/C6H13NO3/c1-2-3-4-5-6-10-7(8)9/h2-6H2,1H3. The fourth-order valence-electron chi connectivity index (χ4n) is 0.668. The summed E-state index contributed by atoms with van der Waals surface area (Å²) < 4.78 is 0. The summed E-state index contributed by atoms with van der Waals surface area (Å²) in [5, 5.41) is 8.87. The van der Waals surface area contributed by atoms with Gasteiger partial charge < -0.3 is 4.84 Å². The second-order valence-corrected chi connectivity index (χ2v) is 2.12. The Kier molecular flexibility index (Phi) is 5.82. The highest BCUT2D eigenvalue weighted by atomic mass is 16.9. The van der Waals surface area contributed by atoms with Crippen molar-refractivity contribution in [3.8, 4) is 0 Å². The van der Waals surface area contributed by atoms with Gasteiger partial charge in [-0.2, -0.15) is 0 Å². The van der Waals surface area contributed by atoms with E-state index in [-0.39, 0.29) is 6.61 Å². The Balaban J connectivity index is 2.84.